The van der Waals surface area contributed by atoms with Gasteiger partial charge in [-0.1, -0.05) is 0 Å². The zero-order chi connectivity index (χ0) is 11.8. The van der Waals surface area contributed by atoms with Crippen molar-refractivity contribution in [2.75, 3.05) is 26.2 Å². The van der Waals surface area contributed by atoms with E-state index in [2.05, 4.69) is 25.8 Å². The number of hydrogen-bond donors (Lipinski definition) is 1. The van der Waals surface area contributed by atoms with Crippen molar-refractivity contribution in [1.82, 2.24) is 14.8 Å². The number of amides is 1. The molecule has 0 unspecified atom stereocenters. The van der Waals surface area contributed by atoms with Gasteiger partial charge in [-0.2, -0.15) is 0 Å². The summed E-state index contributed by atoms with van der Waals surface area (Å²) < 4.78 is 0.928. The molecule has 1 aliphatic heterocycles. The number of H-pyrrole nitrogens is 1. The minimum Gasteiger partial charge on any atom is -0.356 e. The lowest BCUT2D eigenvalue weighted by Crippen LogP contribution is -2.49. The van der Waals surface area contributed by atoms with Crippen LogP contribution < -0.4 is 0 Å². The van der Waals surface area contributed by atoms with Gasteiger partial charge < -0.3 is 9.88 Å². The molecule has 5 heteroatoms. The van der Waals surface area contributed by atoms with Gasteiger partial charge in [0, 0.05) is 42.9 Å². The highest BCUT2D eigenvalue weighted by molar-refractivity contribution is 9.10. The maximum atomic E-state index is 12.2. The molecule has 2 heterocycles. The fourth-order valence-electron chi connectivity index (χ4n) is 2.39. The van der Waals surface area contributed by atoms with Crippen LogP contribution in [0.3, 0.4) is 0 Å². The number of carbonyl (C=O) groups excluding carboxylic acids is 1. The van der Waals surface area contributed by atoms with Gasteiger partial charge in [0.15, 0.2) is 0 Å². The van der Waals surface area contributed by atoms with Crippen molar-refractivity contribution in [2.45, 2.75) is 18.9 Å². The first-order chi connectivity index (χ1) is 8.24. The Labute approximate surface area is 109 Å². The van der Waals surface area contributed by atoms with E-state index >= 15 is 0 Å². The number of aromatic nitrogens is 1. The molecular formula is C12H16BrN3O. The van der Waals surface area contributed by atoms with E-state index in [0.29, 0.717) is 5.69 Å². The molecule has 92 valence electrons. The molecule has 17 heavy (non-hydrogen) atoms. The zero-order valence-electron chi connectivity index (χ0n) is 9.66. The second-order valence-corrected chi connectivity index (χ2v) is 5.71. The molecule has 0 aromatic carbocycles. The van der Waals surface area contributed by atoms with Crippen LogP contribution in [0.2, 0.25) is 0 Å². The second kappa shape index (κ2) is 4.46. The highest BCUT2D eigenvalue weighted by Crippen LogP contribution is 2.27. The van der Waals surface area contributed by atoms with E-state index < -0.39 is 0 Å². The van der Waals surface area contributed by atoms with E-state index in [4.69, 9.17) is 0 Å². The Bertz CT molecular complexity index is 419. The van der Waals surface area contributed by atoms with E-state index in [1.165, 1.54) is 12.8 Å². The molecule has 2 fully saturated rings. The van der Waals surface area contributed by atoms with Crippen LogP contribution in [0.4, 0.5) is 0 Å². The summed E-state index contributed by atoms with van der Waals surface area (Å²) in [5.41, 5.74) is 0.678. The molecular weight excluding hydrogens is 282 g/mol. The summed E-state index contributed by atoms with van der Waals surface area (Å²) in [4.78, 5) is 19.6. The maximum absolute atomic E-state index is 12.2. The Hall–Kier alpha value is -0.810. The minimum atomic E-state index is 0.117. The second-order valence-electron chi connectivity index (χ2n) is 4.79. The van der Waals surface area contributed by atoms with E-state index in [1.807, 2.05) is 11.0 Å². The molecule has 0 atom stereocenters. The molecule has 1 aromatic rings. The van der Waals surface area contributed by atoms with Gasteiger partial charge in [-0.3, -0.25) is 9.69 Å². The first-order valence-corrected chi connectivity index (χ1v) is 6.90. The average molecular weight is 298 g/mol. The van der Waals surface area contributed by atoms with Gasteiger partial charge in [0.05, 0.1) is 0 Å². The molecule has 2 aliphatic rings. The summed E-state index contributed by atoms with van der Waals surface area (Å²) in [6, 6.07) is 2.65. The summed E-state index contributed by atoms with van der Waals surface area (Å²) in [5.74, 6) is 0.117. The average Bonchev–Trinajstić information content (AvgIpc) is 3.11. The highest BCUT2D eigenvalue weighted by Gasteiger charge is 2.32. The molecule has 4 nitrogen and oxygen atoms in total. The molecule has 3 rings (SSSR count). The molecule has 1 amide bonds. The Morgan fingerprint density at radius 1 is 1.29 bits per heavy atom. The molecule has 1 saturated carbocycles. The highest BCUT2D eigenvalue weighted by atomic mass is 79.9. The van der Waals surface area contributed by atoms with Crippen LogP contribution in [-0.2, 0) is 0 Å². The number of hydrogen-bond acceptors (Lipinski definition) is 2. The van der Waals surface area contributed by atoms with Crippen LogP contribution in [0, 0.1) is 0 Å². The van der Waals surface area contributed by atoms with E-state index in [9.17, 15) is 4.79 Å². The standard InChI is InChI=1S/C12H16BrN3O/c13-9-7-11(14-8-9)12(17)16-5-3-15(4-6-16)10-1-2-10/h7-8,10,14H,1-6H2. The lowest BCUT2D eigenvalue weighted by atomic mass is 10.2. The van der Waals surface area contributed by atoms with Gasteiger partial charge >= 0.3 is 0 Å². The topological polar surface area (TPSA) is 39.3 Å². The van der Waals surface area contributed by atoms with Crippen LogP contribution in [-0.4, -0.2) is 52.9 Å². The Kier molecular flexibility index (Phi) is 2.96. The van der Waals surface area contributed by atoms with Gasteiger partial charge in [0.25, 0.3) is 5.91 Å². The van der Waals surface area contributed by atoms with Crippen molar-refractivity contribution in [3.05, 3.63) is 22.4 Å². The lowest BCUT2D eigenvalue weighted by molar-refractivity contribution is 0.0622. The minimum absolute atomic E-state index is 0.117. The number of nitrogens with one attached hydrogen (secondary N) is 1. The first kappa shape index (κ1) is 11.3. The molecule has 0 radical (unpaired) electrons. The Balaban J connectivity index is 1.60. The summed E-state index contributed by atoms with van der Waals surface area (Å²) in [5, 5.41) is 0. The van der Waals surface area contributed by atoms with Crippen molar-refractivity contribution in [3.63, 3.8) is 0 Å². The van der Waals surface area contributed by atoms with Crippen molar-refractivity contribution < 1.29 is 4.79 Å². The van der Waals surface area contributed by atoms with E-state index in [-0.39, 0.29) is 5.91 Å². The number of rotatable bonds is 2. The molecule has 1 N–H and O–H groups in total. The van der Waals surface area contributed by atoms with Crippen LogP contribution in [0.1, 0.15) is 23.3 Å². The van der Waals surface area contributed by atoms with Crippen LogP contribution in [0.15, 0.2) is 16.7 Å². The van der Waals surface area contributed by atoms with E-state index in [1.54, 1.807) is 6.20 Å². The summed E-state index contributed by atoms with van der Waals surface area (Å²) in [6.45, 7) is 3.76. The van der Waals surface area contributed by atoms with Crippen molar-refractivity contribution >= 4 is 21.8 Å². The normalized spacial score (nSPS) is 21.8. The number of nitrogens with zero attached hydrogens (tertiary/aromatic N) is 2. The van der Waals surface area contributed by atoms with Crippen molar-refractivity contribution in [3.8, 4) is 0 Å². The van der Waals surface area contributed by atoms with Gasteiger partial charge in [-0.15, -0.1) is 0 Å². The van der Waals surface area contributed by atoms with Crippen molar-refractivity contribution in [2.24, 2.45) is 0 Å². The predicted octanol–water partition coefficient (Wildman–Crippen LogP) is 1.70. The Morgan fingerprint density at radius 2 is 2.00 bits per heavy atom. The van der Waals surface area contributed by atoms with Gasteiger partial charge in [0.2, 0.25) is 0 Å². The van der Waals surface area contributed by atoms with Gasteiger partial charge in [0.1, 0.15) is 5.69 Å². The molecule has 1 saturated heterocycles. The van der Waals surface area contributed by atoms with Crippen LogP contribution in [0.25, 0.3) is 0 Å². The van der Waals surface area contributed by atoms with E-state index in [0.717, 1.165) is 36.7 Å². The lowest BCUT2D eigenvalue weighted by Gasteiger charge is -2.34. The summed E-state index contributed by atoms with van der Waals surface area (Å²) >= 11 is 3.35. The molecule has 1 aliphatic carbocycles. The molecule has 0 bridgehead atoms. The third-order valence-electron chi connectivity index (χ3n) is 3.54. The third-order valence-corrected chi connectivity index (χ3v) is 4.00. The fourth-order valence-corrected chi connectivity index (χ4v) is 2.73. The fraction of sp³-hybridized carbons (Fsp3) is 0.583. The smallest absolute Gasteiger partial charge is 0.270 e. The SMILES string of the molecule is O=C(c1cc(Br)c[nH]1)N1CCN(C2CC2)CC1. The van der Waals surface area contributed by atoms with Crippen LogP contribution in [0.5, 0.6) is 0 Å². The number of halogens is 1. The first-order valence-electron chi connectivity index (χ1n) is 6.11. The van der Waals surface area contributed by atoms with Gasteiger partial charge in [-0.25, -0.2) is 0 Å². The summed E-state index contributed by atoms with van der Waals surface area (Å²) in [7, 11) is 0. The van der Waals surface area contributed by atoms with Gasteiger partial charge in [-0.05, 0) is 34.8 Å². The zero-order valence-corrected chi connectivity index (χ0v) is 11.2. The van der Waals surface area contributed by atoms with Crippen LogP contribution >= 0.6 is 15.9 Å². The number of aromatic amines is 1. The largest absolute Gasteiger partial charge is 0.356 e. The third kappa shape index (κ3) is 2.40. The summed E-state index contributed by atoms with van der Waals surface area (Å²) in [6.07, 6.45) is 4.49. The number of piperazine rings is 1. The maximum Gasteiger partial charge on any atom is 0.270 e. The predicted molar refractivity (Wildman–Crippen MR) is 69.0 cm³/mol. The molecule has 0 spiro atoms. The monoisotopic (exact) mass is 297 g/mol. The number of carbonyl (C=O) groups is 1. The quantitative estimate of drug-likeness (QED) is 0.902. The molecule has 1 aromatic heterocycles. The Morgan fingerprint density at radius 3 is 2.53 bits per heavy atom. The van der Waals surface area contributed by atoms with Crippen molar-refractivity contribution in [1.29, 1.82) is 0 Å².